The Bertz CT molecular complexity index is 598. The number of nitrogens with one attached hydrogen (secondary N) is 2. The van der Waals surface area contributed by atoms with Crippen molar-refractivity contribution in [1.29, 1.82) is 0 Å². The molecule has 1 heterocycles. The van der Waals surface area contributed by atoms with Crippen molar-refractivity contribution in [2.75, 3.05) is 11.9 Å². The number of unbranched alkanes of at least 4 members (excludes halogenated alkanes) is 2. The van der Waals surface area contributed by atoms with Crippen molar-refractivity contribution in [2.24, 2.45) is 0 Å². The van der Waals surface area contributed by atoms with E-state index in [0.717, 1.165) is 11.3 Å². The minimum absolute atomic E-state index is 0.0726. The van der Waals surface area contributed by atoms with Gasteiger partial charge in [0.15, 0.2) is 0 Å². The zero-order valence-corrected chi connectivity index (χ0v) is 13.0. The summed E-state index contributed by atoms with van der Waals surface area (Å²) in [5, 5.41) is 18.0. The van der Waals surface area contributed by atoms with Crippen molar-refractivity contribution in [1.82, 2.24) is 14.9 Å². The van der Waals surface area contributed by atoms with Crippen LogP contribution in [0.3, 0.4) is 0 Å². The lowest BCUT2D eigenvalue weighted by molar-refractivity contribution is -0.137. The van der Waals surface area contributed by atoms with E-state index in [0.29, 0.717) is 19.3 Å². The number of hydrogen-bond donors (Lipinski definition) is 3. The number of carboxylic acid groups (broad SMARTS) is 1. The number of nitrogens with zero attached hydrogens (tertiary/aromatic N) is 2. The van der Waals surface area contributed by atoms with Crippen LogP contribution in [0.5, 0.6) is 0 Å². The highest BCUT2D eigenvalue weighted by Crippen LogP contribution is 2.19. The summed E-state index contributed by atoms with van der Waals surface area (Å²) in [6.07, 6.45) is 1.72. The van der Waals surface area contributed by atoms with Gasteiger partial charge in [-0.1, -0.05) is 17.8 Å². The summed E-state index contributed by atoms with van der Waals surface area (Å²) in [5.74, 6) is -1.23. The molecule has 0 aromatic carbocycles. The highest BCUT2D eigenvalue weighted by Gasteiger charge is 2.19. The van der Waals surface area contributed by atoms with Crippen molar-refractivity contribution >= 4 is 38.4 Å². The van der Waals surface area contributed by atoms with Crippen molar-refractivity contribution < 1.29 is 23.1 Å². The second-order valence-corrected chi connectivity index (χ2v) is 7.07. The number of rotatable bonds is 9. The predicted octanol–water partition coefficient (Wildman–Crippen LogP) is 0.420. The molecule has 0 aliphatic rings. The van der Waals surface area contributed by atoms with E-state index in [9.17, 15) is 18.0 Å². The Morgan fingerprint density at radius 1 is 1.24 bits per heavy atom. The van der Waals surface area contributed by atoms with Gasteiger partial charge < -0.3 is 10.4 Å². The number of sulfonamides is 1. The van der Waals surface area contributed by atoms with Gasteiger partial charge in [0.05, 0.1) is 0 Å². The number of anilines is 1. The molecule has 9 nitrogen and oxygen atoms in total. The van der Waals surface area contributed by atoms with Crippen LogP contribution in [0.25, 0.3) is 0 Å². The second kappa shape index (κ2) is 8.00. The molecule has 1 amide bonds. The number of carboxylic acids is 1. The minimum Gasteiger partial charge on any atom is -0.481 e. The van der Waals surface area contributed by atoms with Crippen LogP contribution in [0.4, 0.5) is 5.13 Å². The largest absolute Gasteiger partial charge is 0.481 e. The van der Waals surface area contributed by atoms with Crippen molar-refractivity contribution in [3.05, 3.63) is 0 Å². The average Bonchev–Trinajstić information content (AvgIpc) is 2.81. The molecule has 11 heteroatoms. The summed E-state index contributed by atoms with van der Waals surface area (Å²) in [4.78, 5) is 21.1. The van der Waals surface area contributed by atoms with Gasteiger partial charge in [0.2, 0.25) is 15.4 Å². The Morgan fingerprint density at radius 3 is 2.57 bits per heavy atom. The van der Waals surface area contributed by atoms with Crippen molar-refractivity contribution in [3.63, 3.8) is 0 Å². The number of hydrogen-bond acceptors (Lipinski definition) is 7. The maximum atomic E-state index is 11.9. The first-order chi connectivity index (χ1) is 9.81. The van der Waals surface area contributed by atoms with Crippen molar-refractivity contribution in [2.45, 2.75) is 36.9 Å². The first-order valence-corrected chi connectivity index (χ1v) is 8.44. The smallest absolute Gasteiger partial charge is 0.303 e. The molecule has 0 unspecified atom stereocenters. The van der Waals surface area contributed by atoms with Gasteiger partial charge in [0, 0.05) is 19.9 Å². The Hall–Kier alpha value is -1.59. The molecule has 0 bridgehead atoms. The summed E-state index contributed by atoms with van der Waals surface area (Å²) in [5.41, 5.74) is 0. The summed E-state index contributed by atoms with van der Waals surface area (Å²) < 4.78 is 25.8. The molecule has 0 radical (unpaired) electrons. The summed E-state index contributed by atoms with van der Waals surface area (Å²) >= 11 is 0.758. The molecule has 1 rings (SSSR count). The van der Waals surface area contributed by atoms with Crippen LogP contribution < -0.4 is 10.0 Å². The molecule has 0 spiro atoms. The normalized spacial score (nSPS) is 11.3. The lowest BCUT2D eigenvalue weighted by Gasteiger charge is -2.02. The van der Waals surface area contributed by atoms with E-state index in [1.165, 1.54) is 6.92 Å². The molecule has 1 aromatic heterocycles. The Balaban J connectivity index is 2.41. The highest BCUT2D eigenvalue weighted by molar-refractivity contribution is 7.91. The van der Waals surface area contributed by atoms with Gasteiger partial charge in [-0.15, -0.1) is 10.2 Å². The van der Waals surface area contributed by atoms with Gasteiger partial charge >= 0.3 is 5.97 Å². The maximum absolute atomic E-state index is 11.9. The first-order valence-electron chi connectivity index (χ1n) is 6.14. The van der Waals surface area contributed by atoms with E-state index in [2.05, 4.69) is 20.2 Å². The van der Waals surface area contributed by atoms with E-state index in [-0.39, 0.29) is 28.3 Å². The molecular weight excluding hydrogens is 320 g/mol. The predicted molar refractivity (Wildman–Crippen MR) is 75.5 cm³/mol. The SMILES string of the molecule is CC(=O)Nc1nnc(S(=O)(=O)NCCCCCC(=O)O)s1. The molecule has 0 atom stereocenters. The van der Waals surface area contributed by atoms with Gasteiger partial charge in [-0.05, 0) is 12.8 Å². The Kier molecular flexibility index (Phi) is 6.65. The maximum Gasteiger partial charge on any atom is 0.303 e. The number of aliphatic carboxylic acids is 1. The lowest BCUT2D eigenvalue weighted by Crippen LogP contribution is -2.24. The molecule has 21 heavy (non-hydrogen) atoms. The third kappa shape index (κ3) is 6.60. The molecule has 0 saturated heterocycles. The molecule has 118 valence electrons. The first kappa shape index (κ1) is 17.5. The summed E-state index contributed by atoms with van der Waals surface area (Å²) in [6.45, 7) is 1.47. The van der Waals surface area contributed by atoms with Crippen LogP contribution >= 0.6 is 11.3 Å². The fourth-order valence-corrected chi connectivity index (χ4v) is 3.43. The van der Waals surface area contributed by atoms with Crippen LogP contribution in [0.15, 0.2) is 4.34 Å². The minimum atomic E-state index is -3.75. The third-order valence-electron chi connectivity index (χ3n) is 2.28. The fraction of sp³-hybridized carbons (Fsp3) is 0.600. The number of carbonyl (C=O) groups is 2. The zero-order valence-electron chi connectivity index (χ0n) is 11.3. The molecule has 0 aliphatic heterocycles. The topological polar surface area (TPSA) is 138 Å². The Labute approximate surface area is 125 Å². The quantitative estimate of drug-likeness (QED) is 0.439. The van der Waals surface area contributed by atoms with Crippen LogP contribution in [0, 0.1) is 0 Å². The molecule has 1 aromatic rings. The third-order valence-corrected chi connectivity index (χ3v) is 4.95. The second-order valence-electron chi connectivity index (χ2n) is 4.16. The van der Waals surface area contributed by atoms with Crippen LogP contribution in [-0.2, 0) is 19.6 Å². The standard InChI is InChI=1S/C10H16N4O5S2/c1-7(15)12-9-13-14-10(20-9)21(18,19)11-6-4-2-3-5-8(16)17/h11H,2-6H2,1H3,(H,16,17)(H,12,13,15). The molecule has 0 fully saturated rings. The fourth-order valence-electron chi connectivity index (χ4n) is 1.37. The monoisotopic (exact) mass is 336 g/mol. The van der Waals surface area contributed by atoms with Gasteiger partial charge in [0.1, 0.15) is 0 Å². The number of carbonyl (C=O) groups excluding carboxylic acids is 1. The highest BCUT2D eigenvalue weighted by atomic mass is 32.2. The molecular formula is C10H16N4O5S2. The van der Waals surface area contributed by atoms with Crippen LogP contribution in [0.1, 0.15) is 32.6 Å². The summed E-state index contributed by atoms with van der Waals surface area (Å²) in [7, 11) is -3.75. The van der Waals surface area contributed by atoms with Gasteiger partial charge in [-0.25, -0.2) is 13.1 Å². The van der Waals surface area contributed by atoms with Crippen LogP contribution in [-0.4, -0.2) is 42.1 Å². The Morgan fingerprint density at radius 2 is 1.95 bits per heavy atom. The lowest BCUT2D eigenvalue weighted by atomic mass is 10.2. The van der Waals surface area contributed by atoms with E-state index < -0.39 is 16.0 Å². The number of aromatic nitrogens is 2. The van der Waals surface area contributed by atoms with E-state index in [1.54, 1.807) is 0 Å². The van der Waals surface area contributed by atoms with E-state index in [1.807, 2.05) is 0 Å². The summed E-state index contributed by atoms with van der Waals surface area (Å²) in [6, 6.07) is 0. The van der Waals surface area contributed by atoms with E-state index in [4.69, 9.17) is 5.11 Å². The van der Waals surface area contributed by atoms with Gasteiger partial charge in [-0.2, -0.15) is 0 Å². The zero-order chi connectivity index (χ0) is 15.9. The molecule has 0 saturated carbocycles. The van der Waals surface area contributed by atoms with Gasteiger partial charge in [0.25, 0.3) is 10.0 Å². The van der Waals surface area contributed by atoms with Gasteiger partial charge in [-0.3, -0.25) is 9.59 Å². The van der Waals surface area contributed by atoms with Crippen molar-refractivity contribution in [3.8, 4) is 0 Å². The molecule has 3 N–H and O–H groups in total. The molecule has 0 aliphatic carbocycles. The van der Waals surface area contributed by atoms with E-state index >= 15 is 0 Å². The van der Waals surface area contributed by atoms with Crippen LogP contribution in [0.2, 0.25) is 0 Å². The number of amides is 1. The average molecular weight is 336 g/mol.